The summed E-state index contributed by atoms with van der Waals surface area (Å²) < 4.78 is 65.2. The third-order valence-electron chi connectivity index (χ3n) is 7.71. The van der Waals surface area contributed by atoms with Crippen molar-refractivity contribution in [2.24, 2.45) is 5.92 Å². The summed E-state index contributed by atoms with van der Waals surface area (Å²) >= 11 is 0. The fraction of sp³-hybridized carbons (Fsp3) is 0.517. The molecule has 1 N–H and O–H groups in total. The molecule has 0 amide bonds. The van der Waals surface area contributed by atoms with Gasteiger partial charge in [0.15, 0.2) is 0 Å². The molecule has 0 radical (unpaired) electrons. The van der Waals surface area contributed by atoms with Gasteiger partial charge in [-0.2, -0.15) is 0 Å². The molecular formula is C29H35F4N3O. The van der Waals surface area contributed by atoms with Crippen LogP contribution in [0.15, 0.2) is 36.4 Å². The minimum Gasteiger partial charge on any atom is -0.492 e. The summed E-state index contributed by atoms with van der Waals surface area (Å²) in [5.74, 6) is -1.31. The fourth-order valence-electron chi connectivity index (χ4n) is 5.78. The Morgan fingerprint density at radius 3 is 2.46 bits per heavy atom. The van der Waals surface area contributed by atoms with Crippen LogP contribution in [0.1, 0.15) is 50.6 Å². The molecule has 1 saturated heterocycles. The van der Waals surface area contributed by atoms with Gasteiger partial charge in [0.05, 0.1) is 6.04 Å². The number of hydrogen-bond acceptors (Lipinski definition) is 3. The maximum atomic E-state index is 15.7. The van der Waals surface area contributed by atoms with Gasteiger partial charge < -0.3 is 9.72 Å². The van der Waals surface area contributed by atoms with E-state index in [1.807, 2.05) is 36.1 Å². The Morgan fingerprint density at radius 2 is 1.81 bits per heavy atom. The number of aromatic nitrogens is 1. The maximum Gasteiger partial charge on any atom is 0.135 e. The molecule has 2 aromatic carbocycles. The van der Waals surface area contributed by atoms with E-state index in [0.717, 1.165) is 16.5 Å². The minimum absolute atomic E-state index is 0.0269. The molecule has 0 saturated carbocycles. The lowest BCUT2D eigenvalue weighted by molar-refractivity contribution is 0.0363. The number of likely N-dealkylation sites (tertiary alicyclic amines) is 1. The molecule has 2 aliphatic heterocycles. The number of fused-ring (bicyclic) bond motifs is 3. The van der Waals surface area contributed by atoms with Crippen molar-refractivity contribution in [1.82, 2.24) is 14.8 Å². The highest BCUT2D eigenvalue weighted by molar-refractivity contribution is 5.85. The van der Waals surface area contributed by atoms with Gasteiger partial charge in [-0.1, -0.05) is 18.2 Å². The average Bonchev–Trinajstić information content (AvgIpc) is 3.13. The Labute approximate surface area is 215 Å². The largest absolute Gasteiger partial charge is 0.492 e. The van der Waals surface area contributed by atoms with Gasteiger partial charge in [-0.25, -0.2) is 17.6 Å². The smallest absolute Gasteiger partial charge is 0.135 e. The third kappa shape index (κ3) is 5.23. The van der Waals surface area contributed by atoms with Crippen LogP contribution in [-0.4, -0.2) is 65.5 Å². The standard InChI is InChI=1S/C29H35F4N3O/c1-17-11-22-21-7-5-6-8-25(21)34-27(22)28(36(17)16-29(3,4)33)26-23(31)12-20(13-24(26)32)37-10-9-35-14-19(15-35)18(2)30/h5-8,12-13,17-19,28,34H,9-11,14-16H2,1-4H3/t17-,18?,28-/m1/s1. The van der Waals surface area contributed by atoms with Crippen molar-refractivity contribution in [3.05, 3.63) is 64.9 Å². The van der Waals surface area contributed by atoms with E-state index >= 15 is 8.78 Å². The molecule has 8 heteroatoms. The van der Waals surface area contributed by atoms with E-state index in [1.165, 1.54) is 26.0 Å². The van der Waals surface area contributed by atoms with Gasteiger partial charge in [-0.15, -0.1) is 0 Å². The summed E-state index contributed by atoms with van der Waals surface area (Å²) in [6, 6.07) is 9.28. The number of H-pyrrole nitrogens is 1. The Bertz CT molecular complexity index is 1240. The van der Waals surface area contributed by atoms with Crippen molar-refractivity contribution >= 4 is 10.9 Å². The highest BCUT2D eigenvalue weighted by Crippen LogP contribution is 2.43. The second-order valence-corrected chi connectivity index (χ2v) is 11.3. The van der Waals surface area contributed by atoms with E-state index in [9.17, 15) is 8.78 Å². The molecule has 1 unspecified atom stereocenters. The Morgan fingerprint density at radius 1 is 1.14 bits per heavy atom. The Hall–Kier alpha value is -2.58. The average molecular weight is 518 g/mol. The molecule has 1 fully saturated rings. The number of ether oxygens (including phenoxy) is 1. The van der Waals surface area contributed by atoms with Gasteiger partial charge in [0, 0.05) is 72.4 Å². The number of aromatic amines is 1. The monoisotopic (exact) mass is 517 g/mol. The molecule has 1 aromatic heterocycles. The first-order valence-corrected chi connectivity index (χ1v) is 13.0. The summed E-state index contributed by atoms with van der Waals surface area (Å²) in [5, 5.41) is 1.02. The summed E-state index contributed by atoms with van der Waals surface area (Å²) in [7, 11) is 0. The van der Waals surface area contributed by atoms with Crippen molar-refractivity contribution < 1.29 is 22.3 Å². The Balaban J connectivity index is 1.44. The van der Waals surface area contributed by atoms with Crippen LogP contribution >= 0.6 is 0 Å². The molecule has 4 nitrogen and oxygen atoms in total. The van der Waals surface area contributed by atoms with Gasteiger partial charge in [-0.3, -0.25) is 9.80 Å². The van der Waals surface area contributed by atoms with E-state index in [4.69, 9.17) is 4.74 Å². The van der Waals surface area contributed by atoms with Gasteiger partial charge in [-0.05, 0) is 45.7 Å². The molecule has 3 aromatic rings. The number of rotatable bonds is 8. The zero-order chi connectivity index (χ0) is 26.5. The maximum absolute atomic E-state index is 15.7. The number of hydrogen-bond donors (Lipinski definition) is 1. The molecule has 3 heterocycles. The predicted octanol–water partition coefficient (Wildman–Crippen LogP) is 6.20. The molecule has 0 spiro atoms. The van der Waals surface area contributed by atoms with Gasteiger partial charge >= 0.3 is 0 Å². The number of nitrogens with one attached hydrogen (secondary N) is 1. The summed E-state index contributed by atoms with van der Waals surface area (Å²) in [6.45, 7) is 8.66. The number of alkyl halides is 2. The van der Waals surface area contributed by atoms with Gasteiger partial charge in [0.25, 0.3) is 0 Å². The minimum atomic E-state index is -1.55. The number of nitrogens with zero attached hydrogens (tertiary/aromatic N) is 2. The predicted molar refractivity (Wildman–Crippen MR) is 138 cm³/mol. The summed E-state index contributed by atoms with van der Waals surface area (Å²) in [5.41, 5.74) is 0.933. The molecule has 2 aliphatic rings. The van der Waals surface area contributed by atoms with Crippen LogP contribution in [-0.2, 0) is 6.42 Å². The lowest BCUT2D eigenvalue weighted by Crippen LogP contribution is -2.51. The number of para-hydroxylation sites is 1. The topological polar surface area (TPSA) is 31.5 Å². The van der Waals surface area contributed by atoms with Crippen LogP contribution in [0.5, 0.6) is 5.75 Å². The molecule has 200 valence electrons. The van der Waals surface area contributed by atoms with Crippen LogP contribution < -0.4 is 4.74 Å². The van der Waals surface area contributed by atoms with Crippen molar-refractivity contribution in [2.45, 2.75) is 58.0 Å². The van der Waals surface area contributed by atoms with Crippen molar-refractivity contribution in [3.8, 4) is 5.75 Å². The zero-order valence-electron chi connectivity index (χ0n) is 21.8. The van der Waals surface area contributed by atoms with Crippen molar-refractivity contribution in [1.29, 1.82) is 0 Å². The normalized spacial score (nSPS) is 22.2. The first kappa shape index (κ1) is 26.0. The van der Waals surface area contributed by atoms with E-state index in [2.05, 4.69) is 9.88 Å². The summed E-state index contributed by atoms with van der Waals surface area (Å²) in [6.07, 6.45) is -0.190. The van der Waals surface area contributed by atoms with Crippen molar-refractivity contribution in [2.75, 3.05) is 32.8 Å². The number of benzene rings is 2. The fourth-order valence-corrected chi connectivity index (χ4v) is 5.78. The highest BCUT2D eigenvalue weighted by atomic mass is 19.1. The van der Waals surface area contributed by atoms with Crippen LogP contribution in [0.25, 0.3) is 10.9 Å². The second kappa shape index (κ2) is 9.95. The quantitative estimate of drug-likeness (QED) is 0.361. The first-order valence-electron chi connectivity index (χ1n) is 13.0. The Kier molecular flexibility index (Phi) is 7.00. The number of halogens is 4. The molecule has 37 heavy (non-hydrogen) atoms. The molecular weight excluding hydrogens is 482 g/mol. The van der Waals surface area contributed by atoms with Gasteiger partial charge in [0.1, 0.15) is 35.8 Å². The van der Waals surface area contributed by atoms with Gasteiger partial charge in [0.2, 0.25) is 0 Å². The summed E-state index contributed by atoms with van der Waals surface area (Å²) in [4.78, 5) is 7.29. The van der Waals surface area contributed by atoms with E-state index in [0.29, 0.717) is 31.7 Å². The van der Waals surface area contributed by atoms with Crippen LogP contribution in [0.4, 0.5) is 17.6 Å². The van der Waals surface area contributed by atoms with E-state index in [1.54, 1.807) is 6.92 Å². The first-order chi connectivity index (χ1) is 17.5. The van der Waals surface area contributed by atoms with Crippen LogP contribution in [0.3, 0.4) is 0 Å². The van der Waals surface area contributed by atoms with Crippen molar-refractivity contribution in [3.63, 3.8) is 0 Å². The van der Waals surface area contributed by atoms with Crippen LogP contribution in [0, 0.1) is 17.6 Å². The molecule has 0 aliphatic carbocycles. The molecule has 0 bridgehead atoms. The van der Waals surface area contributed by atoms with E-state index < -0.39 is 29.5 Å². The zero-order valence-corrected chi connectivity index (χ0v) is 21.8. The second-order valence-electron chi connectivity index (χ2n) is 11.3. The molecule has 3 atom stereocenters. The lowest BCUT2D eigenvalue weighted by Gasteiger charge is -2.43. The molecule has 5 rings (SSSR count). The third-order valence-corrected chi connectivity index (χ3v) is 7.71. The highest BCUT2D eigenvalue weighted by Gasteiger charge is 2.41. The van der Waals surface area contributed by atoms with Crippen LogP contribution in [0.2, 0.25) is 0 Å². The SMILES string of the molecule is CC(F)C1CN(CCOc2cc(F)c([C@@H]3c4[nH]c5ccccc5c4C[C@@H](C)N3CC(C)(C)F)c(F)c2)C1. The van der Waals surface area contributed by atoms with E-state index in [-0.39, 0.29) is 36.4 Å². The lowest BCUT2D eigenvalue weighted by atomic mass is 9.87.